The van der Waals surface area contributed by atoms with Gasteiger partial charge in [0.15, 0.2) is 0 Å². The molecule has 0 aliphatic heterocycles. The van der Waals surface area contributed by atoms with Crippen LogP contribution in [0.15, 0.2) is 30.5 Å². The number of fused-ring (bicyclic) bond motifs is 1. The van der Waals surface area contributed by atoms with Crippen LogP contribution in [0.25, 0.3) is 4.96 Å². The van der Waals surface area contributed by atoms with Crippen LogP contribution in [0, 0.1) is 0 Å². The van der Waals surface area contributed by atoms with Gasteiger partial charge in [0.2, 0.25) is 10.1 Å². The Morgan fingerprint density at radius 3 is 2.79 bits per heavy atom. The predicted octanol–water partition coefficient (Wildman–Crippen LogP) is 3.06. The second-order valence-electron chi connectivity index (χ2n) is 6.64. The molecule has 0 bridgehead atoms. The number of carbonyl (C=O) groups excluding carboxylic acids is 1. The number of rotatable bonds is 4. The topological polar surface area (TPSA) is 71.3 Å². The lowest BCUT2D eigenvalue weighted by molar-refractivity contribution is 0.0963. The van der Waals surface area contributed by atoms with E-state index in [1.54, 1.807) is 13.1 Å². The van der Waals surface area contributed by atoms with Crippen LogP contribution < -0.4 is 10.6 Å². The van der Waals surface area contributed by atoms with Crippen molar-refractivity contribution in [1.82, 2.24) is 19.9 Å². The monoisotopic (exact) mass is 343 g/mol. The van der Waals surface area contributed by atoms with Gasteiger partial charge in [-0.25, -0.2) is 9.50 Å². The minimum absolute atomic E-state index is 0.0152. The zero-order valence-corrected chi connectivity index (χ0v) is 15.1. The van der Waals surface area contributed by atoms with Gasteiger partial charge in [0, 0.05) is 24.6 Å². The van der Waals surface area contributed by atoms with Crippen LogP contribution in [0.2, 0.25) is 0 Å². The van der Waals surface area contributed by atoms with Crippen molar-refractivity contribution >= 4 is 27.3 Å². The van der Waals surface area contributed by atoms with E-state index in [0.29, 0.717) is 12.1 Å². The second-order valence-corrected chi connectivity index (χ2v) is 7.60. The summed E-state index contributed by atoms with van der Waals surface area (Å²) in [5.41, 5.74) is 2.73. The fraction of sp³-hybridized carbons (Fsp3) is 0.353. The summed E-state index contributed by atoms with van der Waals surface area (Å²) in [6, 6.07) is 7.54. The Morgan fingerprint density at radius 2 is 2.12 bits per heavy atom. The van der Waals surface area contributed by atoms with Gasteiger partial charge in [-0.3, -0.25) is 4.79 Å². The summed E-state index contributed by atoms with van der Waals surface area (Å²) in [6.45, 7) is 7.02. The maximum absolute atomic E-state index is 11.7. The molecule has 0 fully saturated rings. The highest BCUT2D eigenvalue weighted by Crippen LogP contribution is 2.25. The summed E-state index contributed by atoms with van der Waals surface area (Å²) in [5.74, 6) is -0.0840. The van der Waals surface area contributed by atoms with Crippen molar-refractivity contribution in [3.63, 3.8) is 0 Å². The quantitative estimate of drug-likeness (QED) is 0.764. The third kappa shape index (κ3) is 3.41. The Morgan fingerprint density at radius 1 is 1.33 bits per heavy atom. The van der Waals surface area contributed by atoms with Crippen LogP contribution in [-0.4, -0.2) is 27.6 Å². The van der Waals surface area contributed by atoms with E-state index in [4.69, 9.17) is 0 Å². The largest absolute Gasteiger partial charge is 0.356 e. The summed E-state index contributed by atoms with van der Waals surface area (Å²) in [4.78, 5) is 17.2. The molecule has 0 aliphatic rings. The van der Waals surface area contributed by atoms with Gasteiger partial charge in [0.05, 0.1) is 11.9 Å². The standard InChI is InChI=1S/C17H21N5OS/c1-17(2,3)13-10-22-16(20-13)24-15(21-22)19-9-11-6-5-7-12(8-11)14(23)18-4/h5-8,10H,9H2,1-4H3,(H,18,23)(H,19,21). The number of nitrogens with one attached hydrogen (secondary N) is 2. The Labute approximate surface area is 144 Å². The number of hydrogen-bond donors (Lipinski definition) is 2. The summed E-state index contributed by atoms with van der Waals surface area (Å²) in [7, 11) is 1.63. The molecule has 0 saturated heterocycles. The molecule has 7 heteroatoms. The minimum Gasteiger partial charge on any atom is -0.356 e. The van der Waals surface area contributed by atoms with Gasteiger partial charge < -0.3 is 10.6 Å². The van der Waals surface area contributed by atoms with Crippen LogP contribution in [0.5, 0.6) is 0 Å². The number of aromatic nitrogens is 3. The highest BCUT2D eigenvalue weighted by atomic mass is 32.1. The highest BCUT2D eigenvalue weighted by Gasteiger charge is 2.19. The van der Waals surface area contributed by atoms with Crippen molar-refractivity contribution in [2.45, 2.75) is 32.7 Å². The van der Waals surface area contributed by atoms with E-state index in [1.807, 2.05) is 28.9 Å². The Hall–Kier alpha value is -2.41. The normalized spacial score (nSPS) is 11.7. The maximum Gasteiger partial charge on any atom is 0.251 e. The average Bonchev–Trinajstić information content (AvgIpc) is 3.10. The molecule has 3 rings (SSSR count). The molecule has 0 atom stereocenters. The lowest BCUT2D eigenvalue weighted by atomic mass is 9.93. The number of nitrogens with zero attached hydrogens (tertiary/aromatic N) is 3. The molecule has 0 radical (unpaired) electrons. The predicted molar refractivity (Wildman–Crippen MR) is 96.7 cm³/mol. The van der Waals surface area contributed by atoms with E-state index >= 15 is 0 Å². The number of benzene rings is 1. The van der Waals surface area contributed by atoms with E-state index in [-0.39, 0.29) is 11.3 Å². The number of imidazole rings is 1. The first kappa shape index (κ1) is 16.4. The van der Waals surface area contributed by atoms with Gasteiger partial charge in [-0.05, 0) is 17.7 Å². The van der Waals surface area contributed by atoms with E-state index in [2.05, 4.69) is 41.5 Å². The van der Waals surface area contributed by atoms with Crippen LogP contribution in [0.1, 0.15) is 42.4 Å². The molecule has 1 amide bonds. The van der Waals surface area contributed by atoms with E-state index in [1.165, 1.54) is 11.3 Å². The van der Waals surface area contributed by atoms with E-state index in [9.17, 15) is 4.79 Å². The molecule has 0 unspecified atom stereocenters. The lowest BCUT2D eigenvalue weighted by Gasteiger charge is -2.13. The number of anilines is 1. The van der Waals surface area contributed by atoms with Crippen molar-refractivity contribution in [3.05, 3.63) is 47.3 Å². The Bertz CT molecular complexity index is 843. The smallest absolute Gasteiger partial charge is 0.251 e. The molecule has 0 spiro atoms. The molecule has 126 valence electrons. The van der Waals surface area contributed by atoms with Crippen LogP contribution in [-0.2, 0) is 12.0 Å². The molecule has 6 nitrogen and oxygen atoms in total. The van der Waals surface area contributed by atoms with E-state index < -0.39 is 0 Å². The summed E-state index contributed by atoms with van der Waals surface area (Å²) >= 11 is 1.52. The van der Waals surface area contributed by atoms with Crippen molar-refractivity contribution < 1.29 is 4.79 Å². The Balaban J connectivity index is 1.72. The second kappa shape index (κ2) is 6.24. The molecular formula is C17H21N5OS. The molecule has 3 aromatic rings. The SMILES string of the molecule is CNC(=O)c1cccc(CNc2nn3cc(C(C)(C)C)nc3s2)c1. The third-order valence-corrected chi connectivity index (χ3v) is 4.55. The number of amides is 1. The van der Waals surface area contributed by atoms with Crippen LogP contribution >= 0.6 is 11.3 Å². The van der Waals surface area contributed by atoms with Crippen molar-refractivity contribution in [2.24, 2.45) is 0 Å². The van der Waals surface area contributed by atoms with Crippen molar-refractivity contribution in [2.75, 3.05) is 12.4 Å². The zero-order valence-electron chi connectivity index (χ0n) is 14.3. The van der Waals surface area contributed by atoms with Gasteiger partial charge in [-0.2, -0.15) is 0 Å². The van der Waals surface area contributed by atoms with Crippen LogP contribution in [0.3, 0.4) is 0 Å². The molecule has 24 heavy (non-hydrogen) atoms. The lowest BCUT2D eigenvalue weighted by Crippen LogP contribution is -2.17. The maximum atomic E-state index is 11.7. The first-order valence-electron chi connectivity index (χ1n) is 7.78. The van der Waals surface area contributed by atoms with Crippen molar-refractivity contribution in [3.8, 4) is 0 Å². The molecule has 2 aromatic heterocycles. The highest BCUT2D eigenvalue weighted by molar-refractivity contribution is 7.20. The zero-order chi connectivity index (χ0) is 17.3. The molecule has 2 heterocycles. The fourth-order valence-corrected chi connectivity index (χ4v) is 3.05. The molecule has 0 aliphatic carbocycles. The first-order valence-corrected chi connectivity index (χ1v) is 8.60. The van der Waals surface area contributed by atoms with Gasteiger partial charge in [0.1, 0.15) is 0 Å². The fourth-order valence-electron chi connectivity index (χ4n) is 2.28. The molecule has 1 aromatic carbocycles. The van der Waals surface area contributed by atoms with Gasteiger partial charge in [-0.15, -0.1) is 5.10 Å². The average molecular weight is 343 g/mol. The van der Waals surface area contributed by atoms with E-state index in [0.717, 1.165) is 21.3 Å². The minimum atomic E-state index is -0.0840. The summed E-state index contributed by atoms with van der Waals surface area (Å²) in [5, 5.41) is 11.3. The number of carbonyl (C=O) groups is 1. The van der Waals surface area contributed by atoms with Crippen molar-refractivity contribution in [1.29, 1.82) is 0 Å². The van der Waals surface area contributed by atoms with Gasteiger partial charge >= 0.3 is 0 Å². The Kier molecular flexibility index (Phi) is 4.28. The third-order valence-electron chi connectivity index (χ3n) is 3.67. The van der Waals surface area contributed by atoms with Crippen LogP contribution in [0.4, 0.5) is 5.13 Å². The summed E-state index contributed by atoms with van der Waals surface area (Å²) in [6.07, 6.45) is 1.98. The molecule has 2 N–H and O–H groups in total. The van der Waals surface area contributed by atoms with Gasteiger partial charge in [-0.1, -0.05) is 44.2 Å². The first-order chi connectivity index (χ1) is 11.4. The molecular weight excluding hydrogens is 322 g/mol. The molecule has 0 saturated carbocycles. The van der Waals surface area contributed by atoms with Gasteiger partial charge in [0.25, 0.3) is 5.91 Å². The summed E-state index contributed by atoms with van der Waals surface area (Å²) < 4.78 is 1.81. The number of hydrogen-bond acceptors (Lipinski definition) is 5.